The van der Waals surface area contributed by atoms with Crippen molar-refractivity contribution in [2.24, 2.45) is 0 Å². The van der Waals surface area contributed by atoms with Gasteiger partial charge in [-0.25, -0.2) is 28.1 Å². The number of hydrogen-bond acceptors (Lipinski definition) is 4. The van der Waals surface area contributed by atoms with E-state index in [1.54, 1.807) is 0 Å². The molecule has 2 rings (SSSR count). The Morgan fingerprint density at radius 1 is 0.833 bits per heavy atom. The fourth-order valence-corrected chi connectivity index (χ4v) is 2.19. The normalized spacial score (nSPS) is 10.5. The minimum Gasteiger partial charge on any atom is -0.356 e. The second-order valence-corrected chi connectivity index (χ2v) is 5.04. The van der Waals surface area contributed by atoms with Crippen molar-refractivity contribution in [3.8, 4) is 0 Å². The summed E-state index contributed by atoms with van der Waals surface area (Å²) in [7, 11) is 0. The maximum Gasteiger partial charge on any atom is 0.338 e. The molecule has 0 saturated carbocycles. The molecule has 0 amide bonds. The number of hydrogen-bond donors (Lipinski definition) is 0. The Morgan fingerprint density at radius 3 is 1.83 bits per heavy atom. The lowest BCUT2D eigenvalue weighted by molar-refractivity contribution is 0.0553. The summed E-state index contributed by atoms with van der Waals surface area (Å²) in [6, 6.07) is 9.36. The molecule has 1 heterocycles. The van der Waals surface area contributed by atoms with Crippen LogP contribution in [0.25, 0.3) is 0 Å². The molecule has 24 heavy (non-hydrogen) atoms. The summed E-state index contributed by atoms with van der Waals surface area (Å²) in [6.07, 6.45) is 2.83. The molecular weight excluding hydrogens is 310 g/mol. The van der Waals surface area contributed by atoms with E-state index in [1.807, 2.05) is 30.3 Å². The van der Waals surface area contributed by atoms with Crippen molar-refractivity contribution in [2.75, 3.05) is 0 Å². The molecule has 0 aliphatic rings. The number of ether oxygens (including phenoxy) is 1. The van der Waals surface area contributed by atoms with Crippen LogP contribution in [0.5, 0.6) is 0 Å². The molecular formula is C17H19N3O4. The predicted molar refractivity (Wildman–Crippen MR) is 90.8 cm³/mol. The van der Waals surface area contributed by atoms with Crippen LogP contribution in [-0.4, -0.2) is 13.7 Å². The first kappa shape index (κ1) is 17.4. The van der Waals surface area contributed by atoms with Crippen molar-refractivity contribution >= 4 is 0 Å². The molecule has 1 aromatic heterocycles. The number of allylic oxidation sites excluding steroid dienone is 2. The van der Waals surface area contributed by atoms with Crippen molar-refractivity contribution in [3.63, 3.8) is 0 Å². The molecule has 0 N–H and O–H groups in total. The fraction of sp³-hybridized carbons (Fsp3) is 0.235. The van der Waals surface area contributed by atoms with Gasteiger partial charge in [-0.1, -0.05) is 42.5 Å². The van der Waals surface area contributed by atoms with Gasteiger partial charge < -0.3 is 4.74 Å². The Balaban J connectivity index is 2.35. The Labute approximate surface area is 138 Å². The number of nitrogens with zero attached hydrogens (tertiary/aromatic N) is 3. The molecule has 0 bridgehead atoms. The van der Waals surface area contributed by atoms with Gasteiger partial charge in [0.25, 0.3) is 0 Å². The summed E-state index contributed by atoms with van der Waals surface area (Å²) >= 11 is 0. The maximum atomic E-state index is 12.4. The minimum atomic E-state index is -0.724. The Bertz CT molecular complexity index is 843. The number of benzene rings is 1. The smallest absolute Gasteiger partial charge is 0.338 e. The van der Waals surface area contributed by atoms with Crippen LogP contribution in [0.15, 0.2) is 70.0 Å². The first-order valence-corrected chi connectivity index (χ1v) is 7.38. The number of rotatable bonds is 8. The lowest BCUT2D eigenvalue weighted by Gasteiger charge is -2.12. The summed E-state index contributed by atoms with van der Waals surface area (Å²) in [4.78, 5) is 36.9. The summed E-state index contributed by atoms with van der Waals surface area (Å²) in [5.74, 6) is 0. The van der Waals surface area contributed by atoms with Gasteiger partial charge in [0.15, 0.2) is 0 Å². The third-order valence-corrected chi connectivity index (χ3v) is 3.34. The van der Waals surface area contributed by atoms with Crippen LogP contribution in [0.3, 0.4) is 0 Å². The Kier molecular flexibility index (Phi) is 5.86. The molecule has 126 valence electrons. The lowest BCUT2D eigenvalue weighted by Crippen LogP contribution is -2.54. The van der Waals surface area contributed by atoms with Gasteiger partial charge >= 0.3 is 17.1 Å². The molecule has 0 radical (unpaired) electrons. The highest BCUT2D eigenvalue weighted by molar-refractivity contribution is 5.13. The fourth-order valence-electron chi connectivity index (χ4n) is 2.19. The van der Waals surface area contributed by atoms with Crippen LogP contribution in [0, 0.1) is 0 Å². The van der Waals surface area contributed by atoms with Gasteiger partial charge in [0.1, 0.15) is 6.73 Å². The topological polar surface area (TPSA) is 75.2 Å². The minimum absolute atomic E-state index is 0.00771. The predicted octanol–water partition coefficient (Wildman–Crippen LogP) is 0.718. The molecule has 0 spiro atoms. The van der Waals surface area contributed by atoms with Gasteiger partial charge in [0.05, 0.1) is 19.7 Å². The summed E-state index contributed by atoms with van der Waals surface area (Å²) in [5, 5.41) is 0. The largest absolute Gasteiger partial charge is 0.356 e. The van der Waals surface area contributed by atoms with E-state index in [0.29, 0.717) is 0 Å². The third-order valence-electron chi connectivity index (χ3n) is 3.34. The van der Waals surface area contributed by atoms with E-state index >= 15 is 0 Å². The summed E-state index contributed by atoms with van der Waals surface area (Å²) in [6.45, 7) is 7.05. The highest BCUT2D eigenvalue weighted by Gasteiger charge is 2.13. The second-order valence-electron chi connectivity index (χ2n) is 5.04. The van der Waals surface area contributed by atoms with Gasteiger partial charge in [-0.05, 0) is 5.56 Å². The molecule has 7 nitrogen and oxygen atoms in total. The van der Waals surface area contributed by atoms with E-state index in [2.05, 4.69) is 13.2 Å². The standard InChI is InChI=1S/C17H19N3O4/c1-3-10-18-15(21)19(11-4-2)17(23)20(16(18)22)13-24-12-14-8-6-5-7-9-14/h3-9H,1-2,10-13H2. The van der Waals surface area contributed by atoms with E-state index in [9.17, 15) is 14.4 Å². The molecule has 0 fully saturated rings. The first-order chi connectivity index (χ1) is 11.6. The van der Waals surface area contributed by atoms with Gasteiger partial charge in [0, 0.05) is 0 Å². The zero-order valence-corrected chi connectivity index (χ0v) is 13.3. The SMILES string of the molecule is C=CCn1c(=O)n(CC=C)c(=O)n(COCc2ccccc2)c1=O. The molecule has 2 aromatic rings. The average Bonchev–Trinajstić information content (AvgIpc) is 2.59. The van der Waals surface area contributed by atoms with E-state index in [0.717, 1.165) is 19.3 Å². The van der Waals surface area contributed by atoms with Crippen LogP contribution >= 0.6 is 0 Å². The van der Waals surface area contributed by atoms with Crippen molar-refractivity contribution in [2.45, 2.75) is 26.4 Å². The molecule has 0 unspecified atom stereocenters. The zero-order chi connectivity index (χ0) is 17.5. The summed E-state index contributed by atoms with van der Waals surface area (Å²) in [5.41, 5.74) is -1.22. The maximum absolute atomic E-state index is 12.4. The van der Waals surface area contributed by atoms with Crippen LogP contribution < -0.4 is 17.1 Å². The highest BCUT2D eigenvalue weighted by Crippen LogP contribution is 2.00. The van der Waals surface area contributed by atoms with Gasteiger partial charge in [0.2, 0.25) is 0 Å². The van der Waals surface area contributed by atoms with E-state index in [4.69, 9.17) is 4.74 Å². The van der Waals surface area contributed by atoms with Gasteiger partial charge in [-0.3, -0.25) is 0 Å². The second kappa shape index (κ2) is 8.07. The zero-order valence-electron chi connectivity index (χ0n) is 13.3. The van der Waals surface area contributed by atoms with Crippen LogP contribution in [-0.2, 0) is 31.2 Å². The molecule has 0 aliphatic carbocycles. The molecule has 7 heteroatoms. The Morgan fingerprint density at radius 2 is 1.33 bits per heavy atom. The van der Waals surface area contributed by atoms with Gasteiger partial charge in [-0.15, -0.1) is 13.2 Å². The van der Waals surface area contributed by atoms with Crippen LogP contribution in [0.4, 0.5) is 0 Å². The average molecular weight is 329 g/mol. The van der Waals surface area contributed by atoms with Crippen molar-refractivity contribution < 1.29 is 4.74 Å². The van der Waals surface area contributed by atoms with Gasteiger partial charge in [-0.2, -0.15) is 0 Å². The van der Waals surface area contributed by atoms with Crippen LogP contribution in [0.1, 0.15) is 5.56 Å². The van der Waals surface area contributed by atoms with E-state index < -0.39 is 17.1 Å². The molecule has 1 aromatic carbocycles. The van der Waals surface area contributed by atoms with Crippen molar-refractivity contribution in [1.29, 1.82) is 0 Å². The summed E-state index contributed by atoms with van der Waals surface area (Å²) < 4.78 is 8.21. The molecule has 0 atom stereocenters. The third kappa shape index (κ3) is 3.69. The van der Waals surface area contributed by atoms with Crippen molar-refractivity contribution in [3.05, 3.63) is 92.7 Å². The highest BCUT2D eigenvalue weighted by atomic mass is 16.5. The first-order valence-electron chi connectivity index (χ1n) is 7.38. The number of aromatic nitrogens is 3. The molecule has 0 aliphatic heterocycles. The van der Waals surface area contributed by atoms with Crippen molar-refractivity contribution in [1.82, 2.24) is 13.7 Å². The Hall–Kier alpha value is -2.93. The molecule has 0 saturated heterocycles. The van der Waals surface area contributed by atoms with E-state index in [1.165, 1.54) is 12.2 Å². The monoisotopic (exact) mass is 329 g/mol. The van der Waals surface area contributed by atoms with E-state index in [-0.39, 0.29) is 26.4 Å². The lowest BCUT2D eigenvalue weighted by atomic mass is 10.2. The van der Waals surface area contributed by atoms with Crippen LogP contribution in [0.2, 0.25) is 0 Å². The quantitative estimate of drug-likeness (QED) is 0.669.